The molecular weight excluding hydrogens is 270 g/mol. The van der Waals surface area contributed by atoms with Crippen molar-refractivity contribution < 1.29 is 19.1 Å². The molecule has 0 fully saturated rings. The fourth-order valence-electron chi connectivity index (χ4n) is 1.83. The van der Waals surface area contributed by atoms with Crippen molar-refractivity contribution in [2.45, 2.75) is 45.3 Å². The molecule has 0 heterocycles. The van der Waals surface area contributed by atoms with E-state index < -0.39 is 17.7 Å². The maximum Gasteiger partial charge on any atom is 0.408 e. The van der Waals surface area contributed by atoms with E-state index in [1.807, 2.05) is 30.4 Å². The highest BCUT2D eigenvalue weighted by Gasteiger charge is 2.23. The summed E-state index contributed by atoms with van der Waals surface area (Å²) < 4.78 is 9.93. The number of esters is 1. The van der Waals surface area contributed by atoms with Gasteiger partial charge in [-0.15, -0.1) is 0 Å². The second-order valence-corrected chi connectivity index (χ2v) is 5.74. The van der Waals surface area contributed by atoms with Crippen LogP contribution < -0.4 is 5.32 Å². The van der Waals surface area contributed by atoms with Crippen LogP contribution in [0.15, 0.2) is 36.0 Å². The summed E-state index contributed by atoms with van der Waals surface area (Å²) in [5.74, 6) is -0.380. The molecule has 5 heteroatoms. The van der Waals surface area contributed by atoms with Crippen molar-refractivity contribution in [1.29, 1.82) is 0 Å². The number of amides is 1. The maximum absolute atomic E-state index is 11.9. The van der Waals surface area contributed by atoms with Crippen LogP contribution in [0.5, 0.6) is 0 Å². The molecular formula is C16H23NO4. The van der Waals surface area contributed by atoms with Gasteiger partial charge in [0.2, 0.25) is 0 Å². The molecule has 0 aromatic carbocycles. The summed E-state index contributed by atoms with van der Waals surface area (Å²) >= 11 is 0. The third-order valence-electron chi connectivity index (χ3n) is 2.76. The molecule has 0 aliphatic heterocycles. The lowest BCUT2D eigenvalue weighted by Crippen LogP contribution is -2.41. The van der Waals surface area contributed by atoms with Crippen molar-refractivity contribution in [3.63, 3.8) is 0 Å². The van der Waals surface area contributed by atoms with Gasteiger partial charge in [-0.1, -0.05) is 30.4 Å². The fourth-order valence-corrected chi connectivity index (χ4v) is 1.83. The van der Waals surface area contributed by atoms with Gasteiger partial charge in [-0.2, -0.15) is 0 Å². The molecule has 0 saturated carbocycles. The molecule has 5 nitrogen and oxygen atoms in total. The van der Waals surface area contributed by atoms with Gasteiger partial charge in [-0.05, 0) is 32.8 Å². The summed E-state index contributed by atoms with van der Waals surface area (Å²) in [4.78, 5) is 23.5. The summed E-state index contributed by atoms with van der Waals surface area (Å²) in [6.07, 6.45) is 9.74. The van der Waals surface area contributed by atoms with E-state index >= 15 is 0 Å². The molecule has 0 aromatic rings. The molecule has 0 saturated heterocycles. The molecule has 0 spiro atoms. The van der Waals surface area contributed by atoms with Gasteiger partial charge in [-0.3, -0.25) is 4.79 Å². The molecule has 116 valence electrons. The first-order valence-electron chi connectivity index (χ1n) is 6.90. The van der Waals surface area contributed by atoms with Gasteiger partial charge < -0.3 is 14.8 Å². The van der Waals surface area contributed by atoms with Gasteiger partial charge >= 0.3 is 12.1 Å². The quantitative estimate of drug-likeness (QED) is 0.809. The summed E-state index contributed by atoms with van der Waals surface area (Å²) in [5, 5.41) is 2.74. The Balaban J connectivity index is 2.80. The van der Waals surface area contributed by atoms with E-state index in [0.717, 1.165) is 5.57 Å². The molecule has 0 bridgehead atoms. The Morgan fingerprint density at radius 2 is 2.00 bits per heavy atom. The zero-order valence-corrected chi connectivity index (χ0v) is 13.0. The minimum Gasteiger partial charge on any atom is -0.469 e. The maximum atomic E-state index is 11.9. The normalized spacial score (nSPS) is 15.7. The fraction of sp³-hybridized carbons (Fsp3) is 0.500. The van der Waals surface area contributed by atoms with Gasteiger partial charge in [0, 0.05) is 0 Å². The average Bonchev–Trinajstić information content (AvgIpc) is 2.64. The highest BCUT2D eigenvalue weighted by molar-refractivity contribution is 5.74. The van der Waals surface area contributed by atoms with Crippen molar-refractivity contribution in [2.75, 3.05) is 7.11 Å². The van der Waals surface area contributed by atoms with E-state index in [9.17, 15) is 9.59 Å². The number of rotatable bonds is 4. The largest absolute Gasteiger partial charge is 0.469 e. The van der Waals surface area contributed by atoms with Gasteiger partial charge in [-0.25, -0.2) is 4.79 Å². The van der Waals surface area contributed by atoms with Crippen LogP contribution in [-0.2, 0) is 14.3 Å². The number of methoxy groups -OCH3 is 1. The number of ether oxygens (including phenoxy) is 2. The Kier molecular flexibility index (Phi) is 6.21. The van der Waals surface area contributed by atoms with Crippen molar-refractivity contribution in [1.82, 2.24) is 5.32 Å². The first-order valence-corrected chi connectivity index (χ1v) is 6.90. The predicted octanol–water partition coefficient (Wildman–Crippen LogP) is 2.89. The number of alkyl carbamates (subject to hydrolysis) is 1. The number of nitrogens with one attached hydrogen (secondary N) is 1. The van der Waals surface area contributed by atoms with Crippen LogP contribution in [-0.4, -0.2) is 30.8 Å². The van der Waals surface area contributed by atoms with Crippen molar-refractivity contribution >= 4 is 12.1 Å². The molecule has 0 radical (unpaired) electrons. The Bertz CT molecular complexity index is 469. The summed E-state index contributed by atoms with van der Waals surface area (Å²) in [5.41, 5.74) is 0.341. The first-order chi connectivity index (χ1) is 9.81. The Labute approximate surface area is 125 Å². The highest BCUT2D eigenvalue weighted by Crippen LogP contribution is 2.16. The molecule has 1 unspecified atom stereocenters. The van der Waals surface area contributed by atoms with Gasteiger partial charge in [0.1, 0.15) is 5.60 Å². The van der Waals surface area contributed by atoms with Crippen LogP contribution in [0, 0.1) is 0 Å². The number of carbonyl (C=O) groups is 2. The highest BCUT2D eigenvalue weighted by atomic mass is 16.6. The van der Waals surface area contributed by atoms with Crippen molar-refractivity contribution in [2.24, 2.45) is 0 Å². The predicted molar refractivity (Wildman–Crippen MR) is 80.8 cm³/mol. The van der Waals surface area contributed by atoms with Gasteiger partial charge in [0.05, 0.1) is 19.6 Å². The van der Waals surface area contributed by atoms with E-state index in [1.54, 1.807) is 20.8 Å². The summed E-state index contributed by atoms with van der Waals surface area (Å²) in [6, 6.07) is -0.445. The third kappa shape index (κ3) is 6.79. The zero-order valence-electron chi connectivity index (χ0n) is 13.0. The molecule has 1 aliphatic rings. The van der Waals surface area contributed by atoms with Crippen LogP contribution in [0.1, 0.15) is 33.6 Å². The summed E-state index contributed by atoms with van der Waals surface area (Å²) in [7, 11) is 1.33. The van der Waals surface area contributed by atoms with Crippen molar-refractivity contribution in [3.8, 4) is 0 Å². The molecule has 0 aromatic heterocycles. The van der Waals surface area contributed by atoms with E-state index in [1.165, 1.54) is 7.11 Å². The van der Waals surface area contributed by atoms with Crippen LogP contribution in [0.2, 0.25) is 0 Å². The average molecular weight is 293 g/mol. The molecule has 21 heavy (non-hydrogen) atoms. The molecule has 1 atom stereocenters. The number of carbonyl (C=O) groups excluding carboxylic acids is 2. The third-order valence-corrected chi connectivity index (χ3v) is 2.76. The molecule has 1 rings (SSSR count). The van der Waals surface area contributed by atoms with Crippen LogP contribution in [0.3, 0.4) is 0 Å². The number of hydrogen-bond acceptors (Lipinski definition) is 4. The second-order valence-electron chi connectivity index (χ2n) is 5.74. The standard InChI is InChI=1S/C16H23NO4/c1-16(2,3)21-15(19)17-13(11-14(18)20-4)12-9-7-5-6-8-10-12/h5-9,13H,10-11H2,1-4H3,(H,17,19). The zero-order chi connectivity index (χ0) is 15.9. The number of allylic oxidation sites excluding steroid dienone is 5. The van der Waals surface area contributed by atoms with E-state index in [2.05, 4.69) is 5.32 Å². The first kappa shape index (κ1) is 17.0. The Morgan fingerprint density at radius 3 is 2.62 bits per heavy atom. The number of hydrogen-bond donors (Lipinski definition) is 1. The van der Waals surface area contributed by atoms with Gasteiger partial charge in [0.15, 0.2) is 0 Å². The van der Waals surface area contributed by atoms with Crippen molar-refractivity contribution in [3.05, 3.63) is 36.0 Å². The van der Waals surface area contributed by atoms with E-state index in [0.29, 0.717) is 6.42 Å². The topological polar surface area (TPSA) is 64.6 Å². The second kappa shape index (κ2) is 7.67. The molecule has 1 amide bonds. The van der Waals surface area contributed by atoms with Crippen LogP contribution in [0.25, 0.3) is 0 Å². The molecule has 1 N–H and O–H groups in total. The molecule has 1 aliphatic carbocycles. The van der Waals surface area contributed by atoms with Gasteiger partial charge in [0.25, 0.3) is 0 Å². The van der Waals surface area contributed by atoms with Crippen LogP contribution >= 0.6 is 0 Å². The van der Waals surface area contributed by atoms with E-state index in [4.69, 9.17) is 9.47 Å². The van der Waals surface area contributed by atoms with Crippen LogP contribution in [0.4, 0.5) is 4.79 Å². The monoisotopic (exact) mass is 293 g/mol. The minimum absolute atomic E-state index is 0.0727. The minimum atomic E-state index is -0.586. The SMILES string of the molecule is COC(=O)CC(NC(=O)OC(C)(C)C)C1=CC=CC=CC1. The Hall–Kier alpha value is -2.04. The smallest absolute Gasteiger partial charge is 0.408 e. The lowest BCUT2D eigenvalue weighted by Gasteiger charge is -2.24. The Morgan fingerprint density at radius 1 is 1.29 bits per heavy atom. The summed E-state index contributed by atoms with van der Waals surface area (Å²) in [6.45, 7) is 5.37. The lowest BCUT2D eigenvalue weighted by atomic mass is 10.0. The lowest BCUT2D eigenvalue weighted by molar-refractivity contribution is -0.140. The van der Waals surface area contributed by atoms with E-state index in [-0.39, 0.29) is 12.4 Å².